The number of aromatic nitrogens is 3. The van der Waals surface area contributed by atoms with Gasteiger partial charge in [-0.25, -0.2) is 4.98 Å². The van der Waals surface area contributed by atoms with Crippen LogP contribution in [0.4, 0.5) is 11.4 Å². The van der Waals surface area contributed by atoms with Gasteiger partial charge in [-0.15, -0.1) is 0 Å². The largest absolute Gasteiger partial charge is 0.316 e. The quantitative estimate of drug-likeness (QED) is 0.123. The van der Waals surface area contributed by atoms with Gasteiger partial charge < -0.3 is 10.6 Å². The standard InChI is InChI=1S/C47H33N5O2/c53-46(48-36-16-10-24-51(28-36)30-42-38-18-5-1-12-32(38)26-33-13-2-6-19-39(33)42)44-22-9-23-45(50-44)47(54)49-37-17-11-25-52(29-37)31-43-40-20-7-3-14-34(40)27-35-15-4-8-21-41(35)43/h1-29H,30-31H2/p+2. The van der Waals surface area contributed by atoms with Gasteiger partial charge in [0.1, 0.15) is 22.8 Å². The molecule has 0 atom stereocenters. The summed E-state index contributed by atoms with van der Waals surface area (Å²) < 4.78 is 4.13. The number of nitrogens with zero attached hydrogens (tertiary/aromatic N) is 3. The molecule has 3 heterocycles. The summed E-state index contributed by atoms with van der Waals surface area (Å²) in [6.45, 7) is 1.25. The zero-order chi connectivity index (χ0) is 36.4. The van der Waals surface area contributed by atoms with Gasteiger partial charge >= 0.3 is 0 Å². The highest BCUT2D eigenvalue weighted by Gasteiger charge is 2.18. The second-order valence-electron chi connectivity index (χ2n) is 13.4. The van der Waals surface area contributed by atoms with Gasteiger partial charge in [0, 0.05) is 23.3 Å². The number of carbonyl (C=O) groups excluding carboxylic acids is 2. The summed E-state index contributed by atoms with van der Waals surface area (Å²) in [4.78, 5) is 31.4. The third-order valence-corrected chi connectivity index (χ3v) is 9.89. The fourth-order valence-electron chi connectivity index (χ4n) is 7.39. The molecule has 0 bridgehead atoms. The van der Waals surface area contributed by atoms with Crippen molar-refractivity contribution in [3.8, 4) is 0 Å². The Hall–Kier alpha value is -7.25. The Morgan fingerprint density at radius 3 is 1.20 bits per heavy atom. The Morgan fingerprint density at radius 1 is 0.444 bits per heavy atom. The summed E-state index contributed by atoms with van der Waals surface area (Å²) in [6.07, 6.45) is 7.81. The van der Waals surface area contributed by atoms with Crippen LogP contribution in [0.5, 0.6) is 0 Å². The smallest absolute Gasteiger partial charge is 0.274 e. The van der Waals surface area contributed by atoms with E-state index in [1.807, 2.05) is 49.1 Å². The van der Waals surface area contributed by atoms with Crippen LogP contribution in [0.1, 0.15) is 32.1 Å². The summed E-state index contributed by atoms with van der Waals surface area (Å²) in [6, 6.07) is 50.5. The maximum absolute atomic E-state index is 13.5. The van der Waals surface area contributed by atoms with Crippen molar-refractivity contribution >= 4 is 66.3 Å². The number of amides is 2. The number of rotatable bonds is 8. The van der Waals surface area contributed by atoms with E-state index in [0.717, 1.165) is 0 Å². The van der Waals surface area contributed by atoms with Crippen molar-refractivity contribution in [3.05, 3.63) is 199 Å². The highest BCUT2D eigenvalue weighted by molar-refractivity contribution is 6.06. The predicted molar refractivity (Wildman–Crippen MR) is 215 cm³/mol. The molecular formula is C47H35N5O2+2. The highest BCUT2D eigenvalue weighted by Crippen LogP contribution is 2.30. The van der Waals surface area contributed by atoms with Gasteiger partial charge in [0.25, 0.3) is 11.8 Å². The maximum atomic E-state index is 13.5. The Morgan fingerprint density at radius 2 is 0.815 bits per heavy atom. The molecule has 0 saturated carbocycles. The van der Waals surface area contributed by atoms with Gasteiger partial charge in [-0.2, -0.15) is 9.13 Å². The molecule has 2 N–H and O–H groups in total. The van der Waals surface area contributed by atoms with Gasteiger partial charge in [-0.1, -0.05) is 103 Å². The molecule has 0 aliphatic rings. The minimum atomic E-state index is -0.405. The van der Waals surface area contributed by atoms with E-state index < -0.39 is 11.8 Å². The Labute approximate surface area is 311 Å². The zero-order valence-electron chi connectivity index (χ0n) is 29.3. The topological polar surface area (TPSA) is 78.9 Å². The Kier molecular flexibility index (Phi) is 8.49. The second kappa shape index (κ2) is 14.1. The van der Waals surface area contributed by atoms with E-state index in [0.29, 0.717) is 24.5 Å². The zero-order valence-corrected chi connectivity index (χ0v) is 29.3. The van der Waals surface area contributed by atoms with Crippen LogP contribution < -0.4 is 19.8 Å². The molecule has 54 heavy (non-hydrogen) atoms. The number of carbonyl (C=O) groups is 2. The lowest BCUT2D eigenvalue weighted by Gasteiger charge is -2.10. The molecule has 7 nitrogen and oxygen atoms in total. The first-order valence-electron chi connectivity index (χ1n) is 17.9. The van der Waals surface area contributed by atoms with Crippen LogP contribution in [0.25, 0.3) is 43.1 Å². The van der Waals surface area contributed by atoms with Crippen LogP contribution in [0.2, 0.25) is 0 Å². The van der Waals surface area contributed by atoms with Gasteiger partial charge in [-0.05, 0) is 79.5 Å². The van der Waals surface area contributed by atoms with E-state index in [1.54, 1.807) is 18.2 Å². The second-order valence-corrected chi connectivity index (χ2v) is 13.4. The van der Waals surface area contributed by atoms with Gasteiger partial charge in [0.05, 0.1) is 0 Å². The van der Waals surface area contributed by atoms with E-state index >= 15 is 0 Å². The summed E-state index contributed by atoms with van der Waals surface area (Å²) in [5, 5.41) is 15.5. The minimum absolute atomic E-state index is 0.143. The van der Waals surface area contributed by atoms with E-state index in [-0.39, 0.29) is 11.4 Å². The predicted octanol–water partition coefficient (Wildman–Crippen LogP) is 8.87. The number of benzene rings is 6. The SMILES string of the molecule is O=C(Nc1ccc[n+](Cc2c3ccccc3cc3ccccc23)c1)c1cccc(C(=O)Nc2ccc[n+](Cc3c4ccccc4cc4ccccc34)c2)n1. The molecular weight excluding hydrogens is 667 g/mol. The van der Waals surface area contributed by atoms with Crippen molar-refractivity contribution in [2.45, 2.75) is 13.1 Å². The Balaban J connectivity index is 0.915. The van der Waals surface area contributed by atoms with E-state index in [4.69, 9.17) is 0 Å². The summed E-state index contributed by atoms with van der Waals surface area (Å²) in [5.41, 5.74) is 3.95. The van der Waals surface area contributed by atoms with E-state index in [1.165, 1.54) is 54.2 Å². The molecule has 258 valence electrons. The number of fused-ring (bicyclic) bond motifs is 4. The molecule has 7 heteroatoms. The number of hydrogen-bond acceptors (Lipinski definition) is 3. The first-order valence-corrected chi connectivity index (χ1v) is 17.9. The number of hydrogen-bond donors (Lipinski definition) is 2. The lowest BCUT2D eigenvalue weighted by molar-refractivity contribution is -0.687. The van der Waals surface area contributed by atoms with Crippen LogP contribution in [0, 0.1) is 0 Å². The molecule has 0 radical (unpaired) electrons. The van der Waals surface area contributed by atoms with Crippen LogP contribution in [0.15, 0.2) is 176 Å². The molecule has 0 saturated heterocycles. The lowest BCUT2D eigenvalue weighted by Crippen LogP contribution is -2.34. The molecule has 0 fully saturated rings. The van der Waals surface area contributed by atoms with E-state index in [2.05, 4.69) is 134 Å². The molecule has 6 aromatic carbocycles. The number of nitrogens with one attached hydrogen (secondary N) is 2. The summed E-state index contributed by atoms with van der Waals surface area (Å²) >= 11 is 0. The fourth-order valence-corrected chi connectivity index (χ4v) is 7.39. The summed E-state index contributed by atoms with van der Waals surface area (Å²) in [7, 11) is 0. The number of anilines is 2. The van der Waals surface area contributed by atoms with Crippen molar-refractivity contribution in [1.29, 1.82) is 0 Å². The molecule has 9 aromatic rings. The summed E-state index contributed by atoms with van der Waals surface area (Å²) in [5.74, 6) is -0.809. The Bertz CT molecular complexity index is 2600. The monoisotopic (exact) mass is 701 g/mol. The molecule has 0 unspecified atom stereocenters. The van der Waals surface area contributed by atoms with Crippen LogP contribution in [-0.4, -0.2) is 16.8 Å². The molecule has 9 rings (SSSR count). The maximum Gasteiger partial charge on any atom is 0.274 e. The van der Waals surface area contributed by atoms with Crippen LogP contribution in [-0.2, 0) is 13.1 Å². The molecule has 0 aliphatic heterocycles. The van der Waals surface area contributed by atoms with Gasteiger partial charge in [-0.3, -0.25) is 9.59 Å². The third kappa shape index (κ3) is 6.50. The average Bonchev–Trinajstić information content (AvgIpc) is 3.21. The van der Waals surface area contributed by atoms with Crippen molar-refractivity contribution in [2.24, 2.45) is 0 Å². The first kappa shape index (κ1) is 32.6. The van der Waals surface area contributed by atoms with Gasteiger partial charge in [0.15, 0.2) is 37.9 Å². The molecule has 0 spiro atoms. The molecule has 0 aliphatic carbocycles. The third-order valence-electron chi connectivity index (χ3n) is 9.89. The highest BCUT2D eigenvalue weighted by atomic mass is 16.2. The van der Waals surface area contributed by atoms with Crippen LogP contribution in [0.3, 0.4) is 0 Å². The normalized spacial score (nSPS) is 11.3. The fraction of sp³-hybridized carbons (Fsp3) is 0.0426. The van der Waals surface area contributed by atoms with E-state index in [9.17, 15) is 9.59 Å². The van der Waals surface area contributed by atoms with Crippen molar-refractivity contribution in [1.82, 2.24) is 4.98 Å². The lowest BCUT2D eigenvalue weighted by atomic mass is 9.96. The first-order chi connectivity index (χ1) is 26.6. The molecule has 2 amide bonds. The van der Waals surface area contributed by atoms with Crippen molar-refractivity contribution in [2.75, 3.05) is 10.6 Å². The minimum Gasteiger partial charge on any atom is -0.316 e. The van der Waals surface area contributed by atoms with Crippen molar-refractivity contribution < 1.29 is 18.7 Å². The number of pyridine rings is 3. The van der Waals surface area contributed by atoms with Crippen LogP contribution >= 0.6 is 0 Å². The van der Waals surface area contributed by atoms with Crippen molar-refractivity contribution in [3.63, 3.8) is 0 Å². The molecule has 3 aromatic heterocycles. The average molecular weight is 702 g/mol. The van der Waals surface area contributed by atoms with Gasteiger partial charge in [0.2, 0.25) is 0 Å².